The average molecular weight is 244 g/mol. The molecule has 0 bridgehead atoms. The third-order valence-corrected chi connectivity index (χ3v) is 3.66. The van der Waals surface area contributed by atoms with Gasteiger partial charge >= 0.3 is 0 Å². The van der Waals surface area contributed by atoms with Gasteiger partial charge in [-0.2, -0.15) is 0 Å². The zero-order chi connectivity index (χ0) is 12.8. The molecule has 0 saturated heterocycles. The van der Waals surface area contributed by atoms with Crippen LogP contribution in [0.15, 0.2) is 0 Å². The summed E-state index contributed by atoms with van der Waals surface area (Å²) in [5.41, 5.74) is 6.08. The van der Waals surface area contributed by atoms with Gasteiger partial charge in [-0.1, -0.05) is 13.3 Å². The third kappa shape index (κ3) is 3.66. The van der Waals surface area contributed by atoms with E-state index in [0.29, 0.717) is 5.92 Å². The molecule has 3 unspecified atom stereocenters. The lowest BCUT2D eigenvalue weighted by atomic mass is 9.77. The van der Waals surface area contributed by atoms with Crippen LogP contribution in [0.3, 0.4) is 0 Å². The Labute approximate surface area is 103 Å². The van der Waals surface area contributed by atoms with Crippen molar-refractivity contribution in [2.75, 3.05) is 26.3 Å². The van der Waals surface area contributed by atoms with Gasteiger partial charge in [0, 0.05) is 19.1 Å². The summed E-state index contributed by atoms with van der Waals surface area (Å²) < 4.78 is 0. The first-order chi connectivity index (χ1) is 8.11. The van der Waals surface area contributed by atoms with Crippen molar-refractivity contribution in [2.24, 2.45) is 17.6 Å². The lowest BCUT2D eigenvalue weighted by Crippen LogP contribution is -2.50. The van der Waals surface area contributed by atoms with E-state index in [1.165, 1.54) is 4.90 Å². The molecule has 17 heavy (non-hydrogen) atoms. The van der Waals surface area contributed by atoms with Crippen molar-refractivity contribution in [2.45, 2.75) is 32.2 Å². The fraction of sp³-hybridized carbons (Fsp3) is 0.917. The Hall–Kier alpha value is -0.650. The molecule has 1 rings (SSSR count). The first-order valence-electron chi connectivity index (χ1n) is 6.38. The highest BCUT2D eigenvalue weighted by Gasteiger charge is 2.34. The largest absolute Gasteiger partial charge is 0.395 e. The van der Waals surface area contributed by atoms with Crippen molar-refractivity contribution in [3.63, 3.8) is 0 Å². The van der Waals surface area contributed by atoms with Crippen LogP contribution in [0.4, 0.5) is 0 Å². The van der Waals surface area contributed by atoms with Gasteiger partial charge in [-0.3, -0.25) is 4.79 Å². The maximum Gasteiger partial charge on any atom is 0.227 e. The smallest absolute Gasteiger partial charge is 0.227 e. The second-order valence-electron chi connectivity index (χ2n) is 4.86. The molecule has 1 saturated carbocycles. The summed E-state index contributed by atoms with van der Waals surface area (Å²) in [6.45, 7) is 2.47. The molecule has 1 fully saturated rings. The summed E-state index contributed by atoms with van der Waals surface area (Å²) in [6, 6.07) is -0.101. The maximum atomic E-state index is 12.3. The number of aliphatic hydroxyl groups is 2. The summed E-state index contributed by atoms with van der Waals surface area (Å²) in [5.74, 6) is 0.187. The molecule has 5 heteroatoms. The van der Waals surface area contributed by atoms with Crippen molar-refractivity contribution in [1.82, 2.24) is 4.90 Å². The normalized spacial score (nSPS) is 29.1. The molecule has 3 atom stereocenters. The van der Waals surface area contributed by atoms with E-state index in [2.05, 4.69) is 6.92 Å². The van der Waals surface area contributed by atoms with Crippen LogP contribution >= 0.6 is 0 Å². The van der Waals surface area contributed by atoms with Crippen LogP contribution in [-0.2, 0) is 4.79 Å². The highest BCUT2D eigenvalue weighted by atomic mass is 16.3. The number of hydrogen-bond donors (Lipinski definition) is 3. The number of nitrogens with zero attached hydrogens (tertiary/aromatic N) is 1. The zero-order valence-electron chi connectivity index (χ0n) is 10.5. The molecule has 1 aliphatic carbocycles. The predicted molar refractivity (Wildman–Crippen MR) is 65.2 cm³/mol. The molecule has 100 valence electrons. The quantitative estimate of drug-likeness (QED) is 0.612. The molecular weight excluding hydrogens is 220 g/mol. The molecule has 1 aliphatic rings. The number of rotatable bonds is 5. The number of carbonyl (C=O) groups excluding carboxylic acids is 1. The van der Waals surface area contributed by atoms with Gasteiger partial charge < -0.3 is 20.8 Å². The summed E-state index contributed by atoms with van der Waals surface area (Å²) in [5, 5.41) is 17.8. The van der Waals surface area contributed by atoms with E-state index in [1.807, 2.05) is 0 Å². The highest BCUT2D eigenvalue weighted by molar-refractivity contribution is 5.79. The van der Waals surface area contributed by atoms with Gasteiger partial charge in [0.25, 0.3) is 0 Å². The van der Waals surface area contributed by atoms with Crippen LogP contribution in [0.5, 0.6) is 0 Å². The lowest BCUT2D eigenvalue weighted by Gasteiger charge is -2.36. The second kappa shape index (κ2) is 6.93. The van der Waals surface area contributed by atoms with E-state index in [0.717, 1.165) is 19.3 Å². The monoisotopic (exact) mass is 244 g/mol. The molecule has 5 nitrogen and oxygen atoms in total. The fourth-order valence-corrected chi connectivity index (χ4v) is 2.54. The molecule has 0 aromatic rings. The van der Waals surface area contributed by atoms with Crippen LogP contribution < -0.4 is 5.73 Å². The van der Waals surface area contributed by atoms with Crippen molar-refractivity contribution in [1.29, 1.82) is 0 Å². The standard InChI is InChI=1S/C12H24N2O3/c1-9-3-2-4-10(11(9)13)12(17)14(5-7-15)6-8-16/h9-11,15-16H,2-8,13H2,1H3. The minimum atomic E-state index is -0.156. The van der Waals surface area contributed by atoms with Gasteiger partial charge in [0.15, 0.2) is 0 Å². The van der Waals surface area contributed by atoms with E-state index >= 15 is 0 Å². The Bertz CT molecular complexity index is 242. The van der Waals surface area contributed by atoms with Crippen molar-refractivity contribution < 1.29 is 15.0 Å². The van der Waals surface area contributed by atoms with Gasteiger partial charge in [0.2, 0.25) is 5.91 Å². The fourth-order valence-electron chi connectivity index (χ4n) is 2.54. The van der Waals surface area contributed by atoms with Crippen molar-refractivity contribution in [3.8, 4) is 0 Å². The molecule has 0 aromatic carbocycles. The Balaban J connectivity index is 2.64. The van der Waals surface area contributed by atoms with E-state index < -0.39 is 0 Å². The SMILES string of the molecule is CC1CCCC(C(=O)N(CCO)CCO)C1N. The topological polar surface area (TPSA) is 86.8 Å². The van der Waals surface area contributed by atoms with Gasteiger partial charge in [-0.05, 0) is 18.8 Å². The van der Waals surface area contributed by atoms with E-state index in [1.54, 1.807) is 0 Å². The van der Waals surface area contributed by atoms with E-state index in [9.17, 15) is 4.79 Å². The number of hydrogen-bond acceptors (Lipinski definition) is 4. The first-order valence-corrected chi connectivity index (χ1v) is 6.38. The van der Waals surface area contributed by atoms with Crippen molar-refractivity contribution in [3.05, 3.63) is 0 Å². The van der Waals surface area contributed by atoms with E-state index in [4.69, 9.17) is 15.9 Å². The molecule has 0 aromatic heterocycles. The van der Waals surface area contributed by atoms with Gasteiger partial charge in [0.1, 0.15) is 0 Å². The number of nitrogens with two attached hydrogens (primary N) is 1. The summed E-state index contributed by atoms with van der Waals surface area (Å²) in [4.78, 5) is 13.8. The van der Waals surface area contributed by atoms with Gasteiger partial charge in [-0.15, -0.1) is 0 Å². The van der Waals surface area contributed by atoms with Crippen LogP contribution in [0.25, 0.3) is 0 Å². The number of carbonyl (C=O) groups is 1. The molecule has 0 aliphatic heterocycles. The molecule has 1 amide bonds. The van der Waals surface area contributed by atoms with Gasteiger partial charge in [-0.25, -0.2) is 0 Å². The first kappa shape index (κ1) is 14.4. The minimum Gasteiger partial charge on any atom is -0.395 e. The lowest BCUT2D eigenvalue weighted by molar-refractivity contribution is -0.138. The summed E-state index contributed by atoms with van der Waals surface area (Å²) in [6.07, 6.45) is 2.92. The molecule has 0 spiro atoms. The van der Waals surface area contributed by atoms with E-state index in [-0.39, 0.29) is 44.2 Å². The highest BCUT2D eigenvalue weighted by Crippen LogP contribution is 2.29. The Morgan fingerprint density at radius 3 is 2.41 bits per heavy atom. The zero-order valence-corrected chi connectivity index (χ0v) is 10.5. The summed E-state index contributed by atoms with van der Waals surface area (Å²) >= 11 is 0. The third-order valence-electron chi connectivity index (χ3n) is 3.66. The van der Waals surface area contributed by atoms with Crippen LogP contribution in [0.2, 0.25) is 0 Å². The summed E-state index contributed by atoms with van der Waals surface area (Å²) in [7, 11) is 0. The van der Waals surface area contributed by atoms with Crippen LogP contribution in [-0.4, -0.2) is 53.4 Å². The molecule has 4 N–H and O–H groups in total. The number of aliphatic hydroxyl groups excluding tert-OH is 2. The van der Waals surface area contributed by atoms with Crippen molar-refractivity contribution >= 4 is 5.91 Å². The van der Waals surface area contributed by atoms with Crippen LogP contribution in [0.1, 0.15) is 26.2 Å². The molecule has 0 radical (unpaired) electrons. The van der Waals surface area contributed by atoms with Crippen LogP contribution in [0, 0.1) is 11.8 Å². The van der Waals surface area contributed by atoms with Gasteiger partial charge in [0.05, 0.1) is 19.1 Å². The Morgan fingerprint density at radius 2 is 1.88 bits per heavy atom. The average Bonchev–Trinajstić information content (AvgIpc) is 2.31. The number of amides is 1. The molecule has 0 heterocycles. The second-order valence-corrected chi connectivity index (χ2v) is 4.86. The maximum absolute atomic E-state index is 12.3. The Morgan fingerprint density at radius 1 is 1.29 bits per heavy atom. The minimum absolute atomic E-state index is 0.0212. The molecular formula is C12H24N2O3. The Kier molecular flexibility index (Phi) is 5.88. The predicted octanol–water partition coefficient (Wildman–Crippen LogP) is -0.437.